The first-order valence-corrected chi connectivity index (χ1v) is 5.90. The Morgan fingerprint density at radius 1 is 1.20 bits per heavy atom. The molecule has 0 aromatic rings. The van der Waals surface area contributed by atoms with Crippen LogP contribution in [-0.2, 0) is 14.2 Å². The van der Waals surface area contributed by atoms with Crippen LogP contribution in [0.15, 0.2) is 0 Å². The van der Waals surface area contributed by atoms with Gasteiger partial charge in [0, 0.05) is 0 Å². The molecule has 0 amide bonds. The van der Waals surface area contributed by atoms with Crippen LogP contribution in [-0.4, -0.2) is 37.6 Å². The highest BCUT2D eigenvalue weighted by molar-refractivity contribution is 7.53. The van der Waals surface area contributed by atoms with Gasteiger partial charge < -0.3 is 20.0 Å². The lowest BCUT2D eigenvalue weighted by molar-refractivity contribution is -0.148. The van der Waals surface area contributed by atoms with Gasteiger partial charge in [-0.1, -0.05) is 13.3 Å². The van der Waals surface area contributed by atoms with Crippen LogP contribution in [0.1, 0.15) is 19.8 Å². The first-order chi connectivity index (χ1) is 6.71. The third-order valence-electron chi connectivity index (χ3n) is 1.91. The second kappa shape index (κ2) is 5.25. The topological polar surface area (TPSA) is 132 Å². The van der Waals surface area contributed by atoms with E-state index in [4.69, 9.17) is 20.0 Å². The maximum absolute atomic E-state index is 10.8. The van der Waals surface area contributed by atoms with Crippen molar-refractivity contribution in [2.75, 3.05) is 0 Å². The molecular weight excluding hydrogens is 227 g/mol. The monoisotopic (exact) mass is 240 g/mol. The van der Waals surface area contributed by atoms with Crippen molar-refractivity contribution in [3.05, 3.63) is 0 Å². The van der Waals surface area contributed by atoms with Gasteiger partial charge in [0.15, 0.2) is 5.66 Å². The first-order valence-electron chi connectivity index (χ1n) is 4.22. The summed E-state index contributed by atoms with van der Waals surface area (Å²) in [4.78, 5) is 38.8. The van der Waals surface area contributed by atoms with Crippen LogP contribution >= 0.6 is 7.60 Å². The number of hydrogen-bond acceptors (Lipinski definition) is 3. The van der Waals surface area contributed by atoms with E-state index in [0.29, 0.717) is 6.42 Å². The zero-order chi connectivity index (χ0) is 12.2. The van der Waals surface area contributed by atoms with Gasteiger partial charge in [0.05, 0.1) is 5.92 Å². The molecule has 4 N–H and O–H groups in total. The molecule has 2 atom stereocenters. The Kier molecular flexibility index (Phi) is 4.93. The molecule has 0 spiro atoms. The van der Waals surface area contributed by atoms with Crippen LogP contribution in [0.2, 0.25) is 0 Å². The lowest BCUT2D eigenvalue weighted by Crippen LogP contribution is -2.34. The molecular formula is C7H13O7P. The lowest BCUT2D eigenvalue weighted by Gasteiger charge is -2.20. The van der Waals surface area contributed by atoms with Gasteiger partial charge in [0.1, 0.15) is 0 Å². The molecule has 15 heavy (non-hydrogen) atoms. The minimum atomic E-state index is -4.95. The normalized spacial score (nSPS) is 15.7. The van der Waals surface area contributed by atoms with E-state index in [-0.39, 0.29) is 6.42 Å². The van der Waals surface area contributed by atoms with Gasteiger partial charge in [-0.05, 0) is 6.42 Å². The molecule has 2 unspecified atom stereocenters. The average Bonchev–Trinajstić information content (AvgIpc) is 1.99. The Bertz CT molecular complexity index is 294. The maximum Gasteiger partial charge on any atom is 0.340 e. The van der Waals surface area contributed by atoms with Gasteiger partial charge in [-0.25, -0.2) is 0 Å². The third kappa shape index (κ3) is 3.99. The van der Waals surface area contributed by atoms with Crippen molar-refractivity contribution >= 4 is 19.5 Å². The molecule has 7 nitrogen and oxygen atoms in total. The molecule has 8 heteroatoms. The van der Waals surface area contributed by atoms with Crippen LogP contribution in [0.25, 0.3) is 0 Å². The van der Waals surface area contributed by atoms with E-state index in [0.717, 1.165) is 0 Å². The Labute approximate surface area is 85.9 Å². The fourth-order valence-corrected chi connectivity index (χ4v) is 2.31. The SMILES string of the molecule is CCCC(C(=O)O)C(C(=O)O)P(=O)(O)O. The zero-order valence-corrected chi connectivity index (χ0v) is 8.92. The maximum atomic E-state index is 10.8. The van der Waals surface area contributed by atoms with Gasteiger partial charge in [-0.2, -0.15) is 0 Å². The zero-order valence-electron chi connectivity index (χ0n) is 8.03. The number of hydrogen-bond donors (Lipinski definition) is 4. The molecule has 0 saturated carbocycles. The van der Waals surface area contributed by atoms with Gasteiger partial charge in [-0.15, -0.1) is 0 Å². The molecule has 0 aromatic carbocycles. The van der Waals surface area contributed by atoms with Gasteiger partial charge in [0.25, 0.3) is 0 Å². The number of carboxylic acids is 2. The van der Waals surface area contributed by atoms with Crippen molar-refractivity contribution in [2.45, 2.75) is 25.4 Å². The van der Waals surface area contributed by atoms with E-state index in [2.05, 4.69) is 0 Å². The molecule has 0 radical (unpaired) electrons. The van der Waals surface area contributed by atoms with Gasteiger partial charge in [-0.3, -0.25) is 14.2 Å². The van der Waals surface area contributed by atoms with E-state index in [1.165, 1.54) is 0 Å². The summed E-state index contributed by atoms with van der Waals surface area (Å²) in [5.41, 5.74) is -2.17. The molecule has 0 aromatic heterocycles. The highest BCUT2D eigenvalue weighted by Crippen LogP contribution is 2.46. The fraction of sp³-hybridized carbons (Fsp3) is 0.714. The van der Waals surface area contributed by atoms with Crippen LogP contribution in [0, 0.1) is 5.92 Å². The van der Waals surface area contributed by atoms with E-state index in [1.807, 2.05) is 0 Å². The summed E-state index contributed by atoms with van der Waals surface area (Å²) in [6, 6.07) is 0. The van der Waals surface area contributed by atoms with Crippen molar-refractivity contribution in [3.8, 4) is 0 Å². The minimum Gasteiger partial charge on any atom is -0.481 e. The molecule has 0 aliphatic rings. The van der Waals surface area contributed by atoms with Crippen LogP contribution in [0.4, 0.5) is 0 Å². The lowest BCUT2D eigenvalue weighted by atomic mass is 10.00. The molecule has 0 fully saturated rings. The van der Waals surface area contributed by atoms with Crippen molar-refractivity contribution in [2.24, 2.45) is 5.92 Å². The molecule has 0 bridgehead atoms. The molecule has 0 aliphatic heterocycles. The molecule has 0 rings (SSSR count). The Morgan fingerprint density at radius 2 is 1.67 bits per heavy atom. The highest BCUT2D eigenvalue weighted by atomic mass is 31.2. The highest BCUT2D eigenvalue weighted by Gasteiger charge is 2.45. The molecule has 0 aliphatic carbocycles. The number of carboxylic acid groups (broad SMARTS) is 2. The second-order valence-electron chi connectivity index (χ2n) is 3.11. The Morgan fingerprint density at radius 3 is 1.87 bits per heavy atom. The Hall–Kier alpha value is -0.910. The third-order valence-corrected chi connectivity index (χ3v) is 3.22. The summed E-state index contributed by atoms with van der Waals surface area (Å²) in [6.07, 6.45) is 0.248. The number of aliphatic carboxylic acids is 2. The summed E-state index contributed by atoms with van der Waals surface area (Å²) in [5, 5.41) is 17.3. The minimum absolute atomic E-state index is 0.0859. The van der Waals surface area contributed by atoms with Gasteiger partial charge >= 0.3 is 19.5 Å². The summed E-state index contributed by atoms with van der Waals surface area (Å²) in [5.74, 6) is -4.86. The standard InChI is InChI=1S/C7H13O7P/c1-2-3-4(6(8)9)5(7(10)11)15(12,13)14/h4-5H,2-3H2,1H3,(H,8,9)(H,10,11)(H2,12,13,14). The quantitative estimate of drug-likeness (QED) is 0.484. The number of rotatable bonds is 6. The summed E-state index contributed by atoms with van der Waals surface area (Å²) < 4.78 is 10.8. The van der Waals surface area contributed by atoms with E-state index in [9.17, 15) is 14.2 Å². The van der Waals surface area contributed by atoms with Crippen LogP contribution in [0.3, 0.4) is 0 Å². The van der Waals surface area contributed by atoms with Crippen LogP contribution < -0.4 is 0 Å². The first kappa shape index (κ1) is 14.1. The largest absolute Gasteiger partial charge is 0.481 e. The predicted octanol–water partition coefficient (Wildman–Crippen LogP) is 0.118. The summed E-state index contributed by atoms with van der Waals surface area (Å²) in [6.45, 7) is 1.61. The fourth-order valence-electron chi connectivity index (χ4n) is 1.28. The smallest absolute Gasteiger partial charge is 0.340 e. The van der Waals surface area contributed by atoms with Crippen molar-refractivity contribution in [3.63, 3.8) is 0 Å². The van der Waals surface area contributed by atoms with Gasteiger partial charge in [0.2, 0.25) is 0 Å². The number of carbonyl (C=O) groups is 2. The van der Waals surface area contributed by atoms with Crippen molar-refractivity contribution in [1.82, 2.24) is 0 Å². The van der Waals surface area contributed by atoms with Crippen LogP contribution in [0.5, 0.6) is 0 Å². The van der Waals surface area contributed by atoms with Crippen molar-refractivity contribution in [1.29, 1.82) is 0 Å². The van der Waals surface area contributed by atoms with E-state index >= 15 is 0 Å². The van der Waals surface area contributed by atoms with Crippen molar-refractivity contribution < 1.29 is 34.2 Å². The summed E-state index contributed by atoms with van der Waals surface area (Å²) in [7, 11) is -4.95. The summed E-state index contributed by atoms with van der Waals surface area (Å²) >= 11 is 0. The second-order valence-corrected chi connectivity index (χ2v) is 4.84. The molecule has 0 saturated heterocycles. The van der Waals surface area contributed by atoms with E-state index in [1.54, 1.807) is 6.92 Å². The average molecular weight is 240 g/mol. The Balaban J connectivity index is 5.11. The molecule has 0 heterocycles. The predicted molar refractivity (Wildman–Crippen MR) is 49.5 cm³/mol. The molecule has 88 valence electrons. The van der Waals surface area contributed by atoms with E-state index < -0.39 is 31.1 Å².